The van der Waals surface area contributed by atoms with Crippen LogP contribution in [0.3, 0.4) is 0 Å². The number of carboxylic acids is 2. The Morgan fingerprint density at radius 2 is 0.923 bits per heavy atom. The van der Waals surface area contributed by atoms with Gasteiger partial charge in [0.1, 0.15) is 0 Å². The third-order valence-corrected chi connectivity index (χ3v) is 0.167. The molecule has 0 spiro atoms. The summed E-state index contributed by atoms with van der Waals surface area (Å²) in [6.07, 6.45) is 0. The molecule has 11 heteroatoms. The van der Waals surface area contributed by atoms with Crippen molar-refractivity contribution in [2.45, 2.75) is 0 Å². The van der Waals surface area contributed by atoms with Crippen molar-refractivity contribution in [1.29, 1.82) is 0 Å². The average molecular weight is 264 g/mol. The molecule has 0 radical (unpaired) electrons. The summed E-state index contributed by atoms with van der Waals surface area (Å²) in [6, 6.07) is 0. The van der Waals surface area contributed by atoms with Crippen molar-refractivity contribution in [2.24, 2.45) is 0 Å². The van der Waals surface area contributed by atoms with Gasteiger partial charge in [-0.1, -0.05) is 0 Å². The molecule has 13 heavy (non-hydrogen) atoms. The van der Waals surface area contributed by atoms with Crippen LogP contribution in [-0.2, 0) is 20.0 Å². The van der Waals surface area contributed by atoms with E-state index in [0.29, 0.717) is 0 Å². The minimum absolute atomic E-state index is 0. The minimum Gasteiger partial charge on any atom is -0.759 e. The molecule has 0 aliphatic carbocycles. The Kier molecular flexibility index (Phi) is 20.9. The summed E-state index contributed by atoms with van der Waals surface area (Å²) in [5, 5.41) is 17.9. The van der Waals surface area contributed by atoms with Crippen molar-refractivity contribution in [3.8, 4) is 0 Å². The Hall–Kier alpha value is 1.33. The molecule has 0 aromatic heterocycles. The van der Waals surface area contributed by atoms with E-state index >= 15 is 0 Å². The number of carbonyl (C=O) groups is 2. The molecular weight excluding hydrogens is 264 g/mol. The van der Waals surface area contributed by atoms with E-state index in [1.54, 1.807) is 0 Å². The third-order valence-electron chi connectivity index (χ3n) is 0.167. The molecule has 0 aliphatic rings. The summed E-state index contributed by atoms with van der Waals surface area (Å²) in [5.41, 5.74) is 0. The first-order valence-electron chi connectivity index (χ1n) is 1.73. The summed E-state index contributed by atoms with van der Waals surface area (Å²) >= 11 is 0. The van der Waals surface area contributed by atoms with E-state index < -0.39 is 22.3 Å². The fraction of sp³-hybridized carbons (Fsp3) is 0. The van der Waals surface area contributed by atoms with Gasteiger partial charge < -0.3 is 28.9 Å². The smallest absolute Gasteiger partial charge is 0.759 e. The van der Waals surface area contributed by atoms with Crippen molar-refractivity contribution >= 4 is 97.8 Å². The SMILES string of the molecule is O=C([O-])C(=O)[O-].O=S(=O)([O-])[O-].[Ca+2].[Ca+2]. The molecule has 0 rings (SSSR count). The van der Waals surface area contributed by atoms with Gasteiger partial charge in [0.2, 0.25) is 0 Å². The van der Waals surface area contributed by atoms with E-state index in [-0.39, 0.29) is 75.5 Å². The van der Waals surface area contributed by atoms with E-state index in [9.17, 15) is 0 Å². The fourth-order valence-electron chi connectivity index (χ4n) is 0. The Morgan fingerprint density at radius 3 is 0.923 bits per heavy atom. The first-order valence-corrected chi connectivity index (χ1v) is 3.07. The molecule has 8 nitrogen and oxygen atoms in total. The summed E-state index contributed by atoms with van der Waals surface area (Å²) in [4.78, 5) is 17.9. The zero-order valence-electron chi connectivity index (χ0n) is 6.09. The Balaban J connectivity index is -0.0000000546. The van der Waals surface area contributed by atoms with Gasteiger partial charge in [-0.15, -0.1) is 0 Å². The predicted octanol–water partition coefficient (Wildman–Crippen LogP) is -5.61. The molecule has 0 saturated carbocycles. The van der Waals surface area contributed by atoms with Crippen molar-refractivity contribution < 1.29 is 37.3 Å². The van der Waals surface area contributed by atoms with Gasteiger partial charge in [-0.2, -0.15) is 0 Å². The van der Waals surface area contributed by atoms with E-state index in [0.717, 1.165) is 0 Å². The minimum atomic E-state index is -5.17. The zero-order valence-corrected chi connectivity index (χ0v) is 11.3. The topological polar surface area (TPSA) is 161 Å². The molecule has 0 bridgehead atoms. The maximum Gasteiger partial charge on any atom is 2.00 e. The van der Waals surface area contributed by atoms with Crippen LogP contribution in [0.15, 0.2) is 0 Å². The number of rotatable bonds is 0. The summed E-state index contributed by atoms with van der Waals surface area (Å²) in [5.74, 6) is -4.37. The van der Waals surface area contributed by atoms with Crippen molar-refractivity contribution in [3.05, 3.63) is 0 Å². The maximum atomic E-state index is 8.93. The largest absolute Gasteiger partial charge is 2.00 e. The molecule has 0 fully saturated rings. The first-order chi connectivity index (χ1) is 4.64. The Morgan fingerprint density at radius 1 is 0.846 bits per heavy atom. The summed E-state index contributed by atoms with van der Waals surface area (Å²) in [6.45, 7) is 0. The molecule has 0 aromatic rings. The van der Waals surface area contributed by atoms with Gasteiger partial charge in [0.25, 0.3) is 0 Å². The van der Waals surface area contributed by atoms with Gasteiger partial charge in [0.15, 0.2) is 0 Å². The number of aliphatic carboxylic acids is 2. The maximum absolute atomic E-state index is 8.93. The van der Waals surface area contributed by atoms with Crippen molar-refractivity contribution in [1.82, 2.24) is 0 Å². The van der Waals surface area contributed by atoms with Gasteiger partial charge in [-0.05, 0) is 0 Å². The molecule has 66 valence electrons. The van der Waals surface area contributed by atoms with Gasteiger partial charge >= 0.3 is 75.5 Å². The summed E-state index contributed by atoms with van der Waals surface area (Å²) in [7, 11) is -5.17. The van der Waals surface area contributed by atoms with E-state index in [2.05, 4.69) is 0 Å². The van der Waals surface area contributed by atoms with Crippen LogP contribution in [0.25, 0.3) is 0 Å². The third kappa shape index (κ3) is 60.2. The number of carboxylic acid groups (broad SMARTS) is 2. The second kappa shape index (κ2) is 11.4. The normalized spacial score (nSPS) is 7.85. The molecule has 0 N–H and O–H groups in total. The predicted molar refractivity (Wildman–Crippen MR) is 32.0 cm³/mol. The number of hydrogen-bond acceptors (Lipinski definition) is 8. The van der Waals surface area contributed by atoms with Crippen LogP contribution < -0.4 is 10.2 Å². The zero-order chi connectivity index (χ0) is 9.65. The van der Waals surface area contributed by atoms with Gasteiger partial charge in [-0.3, -0.25) is 8.42 Å². The van der Waals surface area contributed by atoms with Crippen LogP contribution in [0.1, 0.15) is 0 Å². The molecular formula is C2Ca2O8S. The van der Waals surface area contributed by atoms with Crippen LogP contribution in [0, 0.1) is 0 Å². The van der Waals surface area contributed by atoms with Crippen molar-refractivity contribution in [3.63, 3.8) is 0 Å². The number of carbonyl (C=O) groups excluding carboxylic acids is 2. The van der Waals surface area contributed by atoms with E-state index in [4.69, 9.17) is 37.3 Å². The van der Waals surface area contributed by atoms with E-state index in [1.165, 1.54) is 0 Å². The van der Waals surface area contributed by atoms with Gasteiger partial charge in [-0.25, -0.2) is 0 Å². The Bertz CT molecular complexity index is 223. The van der Waals surface area contributed by atoms with Gasteiger partial charge in [0, 0.05) is 10.4 Å². The molecule has 0 aromatic carbocycles. The van der Waals surface area contributed by atoms with Crippen LogP contribution in [0.4, 0.5) is 0 Å². The Labute approximate surface area is 133 Å². The van der Waals surface area contributed by atoms with Crippen LogP contribution in [0.5, 0.6) is 0 Å². The second-order valence-corrected chi connectivity index (χ2v) is 1.80. The molecule has 0 amide bonds. The molecule has 0 atom stereocenters. The van der Waals surface area contributed by atoms with Crippen LogP contribution >= 0.6 is 0 Å². The quantitative estimate of drug-likeness (QED) is 0.181. The molecule has 0 heterocycles. The van der Waals surface area contributed by atoms with Crippen molar-refractivity contribution in [2.75, 3.05) is 0 Å². The molecule has 0 aliphatic heterocycles. The first kappa shape index (κ1) is 23.9. The second-order valence-electron chi connectivity index (χ2n) is 0.983. The summed E-state index contributed by atoms with van der Waals surface area (Å²) < 4.78 is 34.1. The monoisotopic (exact) mass is 264 g/mol. The van der Waals surface area contributed by atoms with E-state index in [1.807, 2.05) is 0 Å². The van der Waals surface area contributed by atoms with Gasteiger partial charge in [0.05, 0.1) is 11.9 Å². The fourth-order valence-corrected chi connectivity index (χ4v) is 0. The molecule has 0 saturated heterocycles. The number of hydrogen-bond donors (Lipinski definition) is 0. The van der Waals surface area contributed by atoms with Crippen LogP contribution in [-0.4, -0.2) is 105 Å². The average Bonchev–Trinajstić information content (AvgIpc) is 1.59. The molecule has 0 unspecified atom stereocenters. The van der Waals surface area contributed by atoms with Crippen LogP contribution in [0.2, 0.25) is 0 Å². The standard InChI is InChI=1S/C2H2O4.2Ca.H2O4S/c3-1(4)2(5)6;;;1-5(2,3)4/h(H,3,4)(H,5,6);;;(H2,1,2,3,4)/q;2*+2;/p-4.